The Balaban J connectivity index is 2.06. The predicted octanol–water partition coefficient (Wildman–Crippen LogP) is 4.32. The number of rotatable bonds is 3. The molecule has 4 heteroatoms. The van der Waals surface area contributed by atoms with E-state index < -0.39 is 0 Å². The fourth-order valence-electron chi connectivity index (χ4n) is 1.79. The summed E-state index contributed by atoms with van der Waals surface area (Å²) < 4.78 is 3.08. The maximum atomic E-state index is 4.40. The Kier molecular flexibility index (Phi) is 3.99. The SMILES string of the molecule is Cc1ccc(Br)c(NCc2cnn(C(C)(C)C)c2)c1. The van der Waals surface area contributed by atoms with Gasteiger partial charge >= 0.3 is 0 Å². The fraction of sp³-hybridized carbons (Fsp3) is 0.400. The van der Waals surface area contributed by atoms with Gasteiger partial charge in [-0.15, -0.1) is 0 Å². The molecule has 102 valence electrons. The van der Waals surface area contributed by atoms with Crippen molar-refractivity contribution in [3.8, 4) is 0 Å². The topological polar surface area (TPSA) is 29.9 Å². The molecule has 0 aliphatic carbocycles. The molecular weight excluding hydrogens is 302 g/mol. The maximum absolute atomic E-state index is 4.40. The summed E-state index contributed by atoms with van der Waals surface area (Å²) in [6, 6.07) is 6.29. The Hall–Kier alpha value is -1.29. The Labute approximate surface area is 123 Å². The van der Waals surface area contributed by atoms with Crippen LogP contribution in [0.2, 0.25) is 0 Å². The lowest BCUT2D eigenvalue weighted by atomic mass is 10.1. The van der Waals surface area contributed by atoms with Gasteiger partial charge in [0.1, 0.15) is 0 Å². The Morgan fingerprint density at radius 3 is 2.68 bits per heavy atom. The molecule has 0 radical (unpaired) electrons. The second kappa shape index (κ2) is 5.37. The lowest BCUT2D eigenvalue weighted by molar-refractivity contribution is 0.355. The molecule has 19 heavy (non-hydrogen) atoms. The van der Waals surface area contributed by atoms with Crippen LogP contribution in [0.5, 0.6) is 0 Å². The average molecular weight is 322 g/mol. The third-order valence-corrected chi connectivity index (χ3v) is 3.62. The van der Waals surface area contributed by atoms with Crippen molar-refractivity contribution in [2.45, 2.75) is 39.8 Å². The van der Waals surface area contributed by atoms with Crippen molar-refractivity contribution >= 4 is 21.6 Å². The lowest BCUT2D eigenvalue weighted by Gasteiger charge is -2.18. The van der Waals surface area contributed by atoms with Gasteiger partial charge in [0, 0.05) is 28.5 Å². The molecule has 0 aliphatic heterocycles. The third-order valence-electron chi connectivity index (χ3n) is 2.93. The molecule has 0 saturated carbocycles. The number of aryl methyl sites for hydroxylation is 1. The summed E-state index contributed by atoms with van der Waals surface area (Å²) in [5, 5.41) is 7.84. The fourth-order valence-corrected chi connectivity index (χ4v) is 2.18. The van der Waals surface area contributed by atoms with Gasteiger partial charge in [-0.2, -0.15) is 5.10 Å². The predicted molar refractivity (Wildman–Crippen MR) is 83.4 cm³/mol. The first-order valence-electron chi connectivity index (χ1n) is 6.40. The second-order valence-corrected chi connectivity index (χ2v) is 6.66. The molecule has 0 spiro atoms. The van der Waals surface area contributed by atoms with Gasteiger partial charge in [-0.1, -0.05) is 6.07 Å². The van der Waals surface area contributed by atoms with Crippen molar-refractivity contribution in [1.29, 1.82) is 0 Å². The van der Waals surface area contributed by atoms with Gasteiger partial charge in [0.25, 0.3) is 0 Å². The second-order valence-electron chi connectivity index (χ2n) is 5.80. The van der Waals surface area contributed by atoms with Gasteiger partial charge in [0.15, 0.2) is 0 Å². The zero-order valence-corrected chi connectivity index (χ0v) is 13.5. The molecule has 1 heterocycles. The van der Waals surface area contributed by atoms with E-state index in [0.29, 0.717) is 0 Å². The third kappa shape index (κ3) is 3.60. The van der Waals surface area contributed by atoms with Crippen molar-refractivity contribution in [3.05, 3.63) is 46.2 Å². The van der Waals surface area contributed by atoms with E-state index in [1.54, 1.807) is 0 Å². The Bertz CT molecular complexity index is 567. The van der Waals surface area contributed by atoms with Crippen molar-refractivity contribution in [3.63, 3.8) is 0 Å². The molecule has 1 N–H and O–H groups in total. The van der Waals surface area contributed by atoms with Crippen LogP contribution in [0.25, 0.3) is 0 Å². The van der Waals surface area contributed by atoms with E-state index in [9.17, 15) is 0 Å². The van der Waals surface area contributed by atoms with Gasteiger partial charge in [0.05, 0.1) is 11.7 Å². The van der Waals surface area contributed by atoms with Crippen molar-refractivity contribution in [2.24, 2.45) is 0 Å². The maximum Gasteiger partial charge on any atom is 0.0543 e. The van der Waals surface area contributed by atoms with Crippen molar-refractivity contribution < 1.29 is 0 Å². The highest BCUT2D eigenvalue weighted by Gasteiger charge is 2.13. The number of hydrogen-bond acceptors (Lipinski definition) is 2. The molecular formula is C15H20BrN3. The molecule has 3 nitrogen and oxygen atoms in total. The van der Waals surface area contributed by atoms with E-state index in [-0.39, 0.29) is 5.54 Å². The molecule has 0 aliphatic rings. The number of nitrogens with one attached hydrogen (secondary N) is 1. The first kappa shape index (κ1) is 14.1. The normalized spacial score (nSPS) is 11.6. The summed E-state index contributed by atoms with van der Waals surface area (Å²) in [4.78, 5) is 0. The molecule has 0 unspecified atom stereocenters. The van der Waals surface area contributed by atoms with Crippen LogP contribution in [0.15, 0.2) is 35.1 Å². The smallest absolute Gasteiger partial charge is 0.0543 e. The van der Waals surface area contributed by atoms with E-state index in [0.717, 1.165) is 16.7 Å². The van der Waals surface area contributed by atoms with Crippen molar-refractivity contribution in [1.82, 2.24) is 9.78 Å². The lowest BCUT2D eigenvalue weighted by Crippen LogP contribution is -2.21. The van der Waals surface area contributed by atoms with E-state index in [1.165, 1.54) is 11.1 Å². The van der Waals surface area contributed by atoms with Gasteiger partial charge < -0.3 is 5.32 Å². The summed E-state index contributed by atoms with van der Waals surface area (Å²) in [7, 11) is 0. The van der Waals surface area contributed by atoms with E-state index >= 15 is 0 Å². The van der Waals surface area contributed by atoms with Crippen LogP contribution >= 0.6 is 15.9 Å². The monoisotopic (exact) mass is 321 g/mol. The Morgan fingerprint density at radius 1 is 1.32 bits per heavy atom. The molecule has 0 fully saturated rings. The largest absolute Gasteiger partial charge is 0.380 e. The van der Waals surface area contributed by atoms with Gasteiger partial charge in [-0.3, -0.25) is 4.68 Å². The molecule has 0 bridgehead atoms. The number of aromatic nitrogens is 2. The van der Waals surface area contributed by atoms with Crippen LogP contribution in [-0.2, 0) is 12.1 Å². The van der Waals surface area contributed by atoms with Crippen LogP contribution < -0.4 is 5.32 Å². The van der Waals surface area contributed by atoms with Crippen LogP contribution in [0, 0.1) is 6.92 Å². The van der Waals surface area contributed by atoms with Crippen LogP contribution in [0.1, 0.15) is 31.9 Å². The molecule has 2 aromatic rings. The van der Waals surface area contributed by atoms with E-state index in [4.69, 9.17) is 0 Å². The summed E-state index contributed by atoms with van der Waals surface area (Å²) in [6.45, 7) is 9.31. The molecule has 1 aromatic heterocycles. The Morgan fingerprint density at radius 2 is 2.05 bits per heavy atom. The number of benzene rings is 1. The number of anilines is 1. The average Bonchev–Trinajstić information content (AvgIpc) is 2.79. The highest BCUT2D eigenvalue weighted by molar-refractivity contribution is 9.10. The number of hydrogen-bond donors (Lipinski definition) is 1. The molecule has 0 amide bonds. The quantitative estimate of drug-likeness (QED) is 0.912. The molecule has 1 aromatic carbocycles. The standard InChI is InChI=1S/C15H20BrN3/c1-11-5-6-13(16)14(7-11)17-8-12-9-18-19(10-12)15(2,3)4/h5-7,9-10,17H,8H2,1-4H3. The zero-order chi connectivity index (χ0) is 14.0. The summed E-state index contributed by atoms with van der Waals surface area (Å²) in [5.74, 6) is 0. The first-order valence-corrected chi connectivity index (χ1v) is 7.19. The van der Waals surface area contributed by atoms with Gasteiger partial charge in [0.2, 0.25) is 0 Å². The van der Waals surface area contributed by atoms with Crippen LogP contribution in [-0.4, -0.2) is 9.78 Å². The zero-order valence-electron chi connectivity index (χ0n) is 11.9. The molecule has 2 rings (SSSR count). The van der Waals surface area contributed by atoms with E-state index in [2.05, 4.69) is 78.4 Å². The molecule has 0 saturated heterocycles. The van der Waals surface area contributed by atoms with Crippen LogP contribution in [0.3, 0.4) is 0 Å². The minimum atomic E-state index is 0.0299. The highest BCUT2D eigenvalue weighted by Crippen LogP contribution is 2.24. The first-order chi connectivity index (χ1) is 8.86. The van der Waals surface area contributed by atoms with Crippen molar-refractivity contribution in [2.75, 3.05) is 5.32 Å². The number of halogens is 1. The van der Waals surface area contributed by atoms with E-state index in [1.807, 2.05) is 10.9 Å². The minimum absolute atomic E-state index is 0.0299. The summed E-state index contributed by atoms with van der Waals surface area (Å²) in [5.41, 5.74) is 3.57. The van der Waals surface area contributed by atoms with Crippen LogP contribution in [0.4, 0.5) is 5.69 Å². The molecule has 0 atom stereocenters. The number of nitrogens with zero attached hydrogens (tertiary/aromatic N) is 2. The summed E-state index contributed by atoms with van der Waals surface area (Å²) >= 11 is 3.56. The van der Waals surface area contributed by atoms with Gasteiger partial charge in [-0.25, -0.2) is 0 Å². The highest BCUT2D eigenvalue weighted by atomic mass is 79.9. The minimum Gasteiger partial charge on any atom is -0.380 e. The summed E-state index contributed by atoms with van der Waals surface area (Å²) in [6.07, 6.45) is 4.01. The van der Waals surface area contributed by atoms with Gasteiger partial charge in [-0.05, 0) is 61.3 Å².